The standard InChI is InChI=1S/C14H17ClN2S/c15-11-3-2-9-10-8-16-5-4-12(10)17-6-1-7-18-14(11)13(9)17/h2-3,10,12,16H,1,4-8H2/t10-,12-/m1/s1. The van der Waals surface area contributed by atoms with Crippen LogP contribution >= 0.6 is 23.4 Å². The van der Waals surface area contributed by atoms with Gasteiger partial charge in [-0.3, -0.25) is 0 Å². The summed E-state index contributed by atoms with van der Waals surface area (Å²) in [6, 6.07) is 5.07. The van der Waals surface area contributed by atoms with Crippen LogP contribution in [0.5, 0.6) is 0 Å². The van der Waals surface area contributed by atoms with Gasteiger partial charge in [-0.25, -0.2) is 0 Å². The minimum atomic E-state index is 0.670. The van der Waals surface area contributed by atoms with Crippen molar-refractivity contribution in [1.29, 1.82) is 0 Å². The lowest BCUT2D eigenvalue weighted by molar-refractivity contribution is 0.403. The highest BCUT2D eigenvalue weighted by molar-refractivity contribution is 7.99. The number of fused-ring (bicyclic) bond motifs is 3. The van der Waals surface area contributed by atoms with Crippen LogP contribution in [0, 0.1) is 0 Å². The van der Waals surface area contributed by atoms with Gasteiger partial charge in [-0.2, -0.15) is 0 Å². The Balaban J connectivity index is 1.90. The summed E-state index contributed by atoms with van der Waals surface area (Å²) < 4.78 is 0. The molecular formula is C14H17ClN2S. The van der Waals surface area contributed by atoms with E-state index in [-0.39, 0.29) is 0 Å². The quantitative estimate of drug-likeness (QED) is 0.786. The largest absolute Gasteiger partial charge is 0.367 e. The minimum absolute atomic E-state index is 0.670. The van der Waals surface area contributed by atoms with E-state index in [1.165, 1.54) is 41.3 Å². The Hall–Kier alpha value is -0.380. The molecule has 3 aliphatic heterocycles. The molecule has 1 aromatic carbocycles. The third-order valence-electron chi connectivity index (χ3n) is 4.44. The Morgan fingerprint density at radius 3 is 3.28 bits per heavy atom. The molecule has 4 heteroatoms. The first-order valence-corrected chi connectivity index (χ1v) is 8.15. The van der Waals surface area contributed by atoms with E-state index in [1.54, 1.807) is 0 Å². The van der Waals surface area contributed by atoms with E-state index in [9.17, 15) is 0 Å². The average Bonchev–Trinajstić information content (AvgIpc) is 2.57. The summed E-state index contributed by atoms with van der Waals surface area (Å²) in [6.07, 6.45) is 2.53. The molecule has 1 saturated heterocycles. The molecule has 2 nitrogen and oxygen atoms in total. The smallest absolute Gasteiger partial charge is 0.0563 e. The van der Waals surface area contributed by atoms with Crippen LogP contribution < -0.4 is 10.2 Å². The number of nitrogens with one attached hydrogen (secondary N) is 1. The lowest BCUT2D eigenvalue weighted by Gasteiger charge is -2.33. The van der Waals surface area contributed by atoms with E-state index >= 15 is 0 Å². The summed E-state index contributed by atoms with van der Waals surface area (Å²) in [7, 11) is 0. The highest BCUT2D eigenvalue weighted by Gasteiger charge is 2.41. The van der Waals surface area contributed by atoms with E-state index in [0.717, 1.165) is 18.1 Å². The van der Waals surface area contributed by atoms with Gasteiger partial charge in [0.15, 0.2) is 0 Å². The van der Waals surface area contributed by atoms with Crippen LogP contribution in [0.2, 0.25) is 5.02 Å². The van der Waals surface area contributed by atoms with Gasteiger partial charge in [0, 0.05) is 29.9 Å². The van der Waals surface area contributed by atoms with Crippen molar-refractivity contribution in [1.82, 2.24) is 5.32 Å². The third-order valence-corrected chi connectivity index (χ3v) is 6.06. The number of rotatable bonds is 0. The molecule has 0 bridgehead atoms. The molecule has 3 heterocycles. The Morgan fingerprint density at radius 2 is 2.33 bits per heavy atom. The van der Waals surface area contributed by atoms with Crippen LogP contribution in [0.3, 0.4) is 0 Å². The van der Waals surface area contributed by atoms with Crippen molar-refractivity contribution in [3.63, 3.8) is 0 Å². The molecule has 0 saturated carbocycles. The van der Waals surface area contributed by atoms with Gasteiger partial charge in [-0.15, -0.1) is 11.8 Å². The maximum absolute atomic E-state index is 6.41. The first-order chi connectivity index (χ1) is 8.86. The third kappa shape index (κ3) is 1.54. The molecule has 96 valence electrons. The first-order valence-electron chi connectivity index (χ1n) is 6.79. The number of hydrogen-bond donors (Lipinski definition) is 1. The number of thioether (sulfide) groups is 1. The molecule has 0 amide bonds. The molecule has 0 aromatic heterocycles. The van der Waals surface area contributed by atoms with Crippen LogP contribution in [-0.4, -0.2) is 31.4 Å². The van der Waals surface area contributed by atoms with Crippen molar-refractivity contribution in [2.75, 3.05) is 30.3 Å². The van der Waals surface area contributed by atoms with Crippen molar-refractivity contribution in [2.24, 2.45) is 0 Å². The number of benzene rings is 1. The van der Waals surface area contributed by atoms with Gasteiger partial charge < -0.3 is 10.2 Å². The summed E-state index contributed by atoms with van der Waals surface area (Å²) >= 11 is 8.36. The molecule has 4 rings (SSSR count). The summed E-state index contributed by atoms with van der Waals surface area (Å²) in [4.78, 5) is 3.99. The fourth-order valence-corrected chi connectivity index (χ4v) is 5.05. The van der Waals surface area contributed by atoms with Gasteiger partial charge in [-0.05, 0) is 36.8 Å². The Labute approximate surface area is 117 Å². The SMILES string of the molecule is Clc1ccc2c3c1SCCCN3[C@@H]1CCNC[C@H]21. The molecular weight excluding hydrogens is 264 g/mol. The monoisotopic (exact) mass is 280 g/mol. The zero-order valence-corrected chi connectivity index (χ0v) is 11.9. The second-order valence-electron chi connectivity index (χ2n) is 5.38. The van der Waals surface area contributed by atoms with Crippen LogP contribution in [0.1, 0.15) is 24.3 Å². The van der Waals surface area contributed by atoms with Gasteiger partial charge in [0.05, 0.1) is 10.7 Å². The van der Waals surface area contributed by atoms with Crippen molar-refractivity contribution in [3.8, 4) is 0 Å². The van der Waals surface area contributed by atoms with E-state index < -0.39 is 0 Å². The predicted molar refractivity (Wildman–Crippen MR) is 78.2 cm³/mol. The van der Waals surface area contributed by atoms with Crippen molar-refractivity contribution in [3.05, 3.63) is 22.7 Å². The molecule has 1 N–H and O–H groups in total. The average molecular weight is 281 g/mol. The van der Waals surface area contributed by atoms with Gasteiger partial charge in [0.2, 0.25) is 0 Å². The lowest BCUT2D eigenvalue weighted by Crippen LogP contribution is -2.44. The van der Waals surface area contributed by atoms with Crippen molar-refractivity contribution >= 4 is 29.1 Å². The van der Waals surface area contributed by atoms with E-state index in [1.807, 2.05) is 11.8 Å². The summed E-state index contributed by atoms with van der Waals surface area (Å²) in [6.45, 7) is 3.48. The van der Waals surface area contributed by atoms with Crippen molar-refractivity contribution in [2.45, 2.75) is 29.7 Å². The molecule has 2 atom stereocenters. The Bertz CT molecular complexity index is 491. The summed E-state index contributed by atoms with van der Waals surface area (Å²) in [5.74, 6) is 1.87. The van der Waals surface area contributed by atoms with E-state index in [0.29, 0.717) is 12.0 Å². The number of halogens is 1. The van der Waals surface area contributed by atoms with Crippen LogP contribution in [0.25, 0.3) is 0 Å². The summed E-state index contributed by atoms with van der Waals surface area (Å²) in [5, 5.41) is 4.49. The van der Waals surface area contributed by atoms with Gasteiger partial charge in [-0.1, -0.05) is 17.7 Å². The van der Waals surface area contributed by atoms with E-state index in [4.69, 9.17) is 11.6 Å². The molecule has 0 aliphatic carbocycles. The maximum Gasteiger partial charge on any atom is 0.0563 e. The Morgan fingerprint density at radius 1 is 1.39 bits per heavy atom. The second kappa shape index (κ2) is 4.32. The fraction of sp³-hybridized carbons (Fsp3) is 0.571. The van der Waals surface area contributed by atoms with Crippen LogP contribution in [-0.2, 0) is 0 Å². The highest BCUT2D eigenvalue weighted by atomic mass is 35.5. The Kier molecular flexibility index (Phi) is 2.75. The van der Waals surface area contributed by atoms with Gasteiger partial charge in [0.25, 0.3) is 0 Å². The second-order valence-corrected chi connectivity index (χ2v) is 6.89. The minimum Gasteiger partial charge on any atom is -0.367 e. The molecule has 0 unspecified atom stereocenters. The molecule has 0 radical (unpaired) electrons. The zero-order chi connectivity index (χ0) is 12.1. The molecule has 3 aliphatic rings. The zero-order valence-electron chi connectivity index (χ0n) is 10.3. The first kappa shape index (κ1) is 11.4. The maximum atomic E-state index is 6.41. The molecule has 0 spiro atoms. The molecule has 18 heavy (non-hydrogen) atoms. The van der Waals surface area contributed by atoms with E-state index in [2.05, 4.69) is 22.3 Å². The number of piperidine rings is 1. The predicted octanol–water partition coefficient (Wildman–Crippen LogP) is 3.10. The van der Waals surface area contributed by atoms with Gasteiger partial charge in [0.1, 0.15) is 0 Å². The van der Waals surface area contributed by atoms with Crippen molar-refractivity contribution < 1.29 is 0 Å². The number of hydrogen-bond acceptors (Lipinski definition) is 3. The van der Waals surface area contributed by atoms with Crippen LogP contribution in [0.4, 0.5) is 5.69 Å². The number of anilines is 1. The number of nitrogens with zero attached hydrogens (tertiary/aromatic N) is 1. The normalized spacial score (nSPS) is 29.7. The molecule has 1 aromatic rings. The topological polar surface area (TPSA) is 15.3 Å². The fourth-order valence-electron chi connectivity index (χ4n) is 3.68. The van der Waals surface area contributed by atoms with Crippen LogP contribution in [0.15, 0.2) is 17.0 Å². The lowest BCUT2D eigenvalue weighted by atomic mass is 9.90. The molecule has 1 fully saturated rings. The highest BCUT2D eigenvalue weighted by Crippen LogP contribution is 2.51. The van der Waals surface area contributed by atoms with Gasteiger partial charge >= 0.3 is 0 Å². The summed E-state index contributed by atoms with van der Waals surface area (Å²) in [5.41, 5.74) is 2.99.